The molecule has 5 heteroatoms. The second-order valence-electron chi connectivity index (χ2n) is 4.72. The molecule has 1 aliphatic heterocycles. The maximum absolute atomic E-state index is 11.9. The summed E-state index contributed by atoms with van der Waals surface area (Å²) in [5.74, 6) is -1.09. The summed E-state index contributed by atoms with van der Waals surface area (Å²) in [5, 5.41) is 11.2. The summed E-state index contributed by atoms with van der Waals surface area (Å²) in [6.07, 6.45) is 0.955. The number of aliphatic carboxylic acids is 1. The Bertz CT molecular complexity index is 480. The highest BCUT2D eigenvalue weighted by Crippen LogP contribution is 2.25. The van der Waals surface area contributed by atoms with Gasteiger partial charge in [-0.1, -0.05) is 12.1 Å². The standard InChI is InChI=1S/C14H17NO4/c1-9(14(17)18)15-13(16)11-4-2-3-10(7-11)12-5-6-19-8-12/h2-4,7,9,12H,5-6,8H2,1H3,(H,15,16)(H,17,18)/t9-,12?/m1/s1. The van der Waals surface area contributed by atoms with Gasteiger partial charge in [-0.05, 0) is 31.0 Å². The average molecular weight is 263 g/mol. The van der Waals surface area contributed by atoms with Crippen LogP contribution < -0.4 is 5.32 Å². The lowest BCUT2D eigenvalue weighted by Crippen LogP contribution is -2.38. The van der Waals surface area contributed by atoms with E-state index < -0.39 is 12.0 Å². The molecule has 1 heterocycles. The molecule has 0 spiro atoms. The van der Waals surface area contributed by atoms with Gasteiger partial charge in [-0.2, -0.15) is 0 Å². The topological polar surface area (TPSA) is 75.6 Å². The van der Waals surface area contributed by atoms with Gasteiger partial charge >= 0.3 is 5.97 Å². The number of hydrogen-bond acceptors (Lipinski definition) is 3. The zero-order valence-corrected chi connectivity index (χ0v) is 10.8. The van der Waals surface area contributed by atoms with Crippen LogP contribution in [-0.4, -0.2) is 36.2 Å². The van der Waals surface area contributed by atoms with E-state index in [1.807, 2.05) is 18.2 Å². The normalized spacial score (nSPS) is 19.9. The van der Waals surface area contributed by atoms with Gasteiger partial charge in [0.2, 0.25) is 0 Å². The summed E-state index contributed by atoms with van der Waals surface area (Å²) >= 11 is 0. The molecule has 1 fully saturated rings. The fourth-order valence-corrected chi connectivity index (χ4v) is 2.07. The van der Waals surface area contributed by atoms with E-state index in [4.69, 9.17) is 9.84 Å². The van der Waals surface area contributed by atoms with Crippen LogP contribution in [0.2, 0.25) is 0 Å². The highest BCUT2D eigenvalue weighted by molar-refractivity contribution is 5.96. The molecule has 2 atom stereocenters. The van der Waals surface area contributed by atoms with E-state index >= 15 is 0 Å². The van der Waals surface area contributed by atoms with Crippen LogP contribution in [0.4, 0.5) is 0 Å². The third-order valence-electron chi connectivity index (χ3n) is 3.27. The maximum atomic E-state index is 11.9. The molecule has 102 valence electrons. The predicted molar refractivity (Wildman–Crippen MR) is 69.2 cm³/mol. The van der Waals surface area contributed by atoms with Gasteiger partial charge in [0.1, 0.15) is 6.04 Å². The molecule has 2 rings (SSSR count). The summed E-state index contributed by atoms with van der Waals surface area (Å²) in [6, 6.07) is 6.38. The van der Waals surface area contributed by atoms with E-state index in [1.54, 1.807) is 6.07 Å². The molecule has 1 aromatic carbocycles. The first-order chi connectivity index (χ1) is 9.08. The minimum atomic E-state index is -1.05. The van der Waals surface area contributed by atoms with Crippen molar-refractivity contribution in [3.05, 3.63) is 35.4 Å². The molecule has 1 aromatic rings. The summed E-state index contributed by atoms with van der Waals surface area (Å²) < 4.78 is 5.33. The Kier molecular flexibility index (Phi) is 4.16. The highest BCUT2D eigenvalue weighted by atomic mass is 16.5. The van der Waals surface area contributed by atoms with Crippen LogP contribution in [0, 0.1) is 0 Å². The number of amides is 1. The molecule has 0 aromatic heterocycles. The summed E-state index contributed by atoms with van der Waals surface area (Å²) in [6.45, 7) is 2.86. The van der Waals surface area contributed by atoms with Gasteiger partial charge in [0.15, 0.2) is 0 Å². The second-order valence-corrected chi connectivity index (χ2v) is 4.72. The van der Waals surface area contributed by atoms with Gasteiger partial charge in [-0.15, -0.1) is 0 Å². The molecule has 0 bridgehead atoms. The third-order valence-corrected chi connectivity index (χ3v) is 3.27. The van der Waals surface area contributed by atoms with Gasteiger partial charge in [0, 0.05) is 18.1 Å². The lowest BCUT2D eigenvalue weighted by molar-refractivity contribution is -0.138. The van der Waals surface area contributed by atoms with E-state index in [0.717, 1.165) is 18.6 Å². The number of carboxylic acid groups (broad SMARTS) is 1. The molecule has 1 saturated heterocycles. The maximum Gasteiger partial charge on any atom is 0.325 e. The second kappa shape index (κ2) is 5.84. The van der Waals surface area contributed by atoms with Crippen LogP contribution in [0.1, 0.15) is 35.2 Å². The number of nitrogens with one attached hydrogen (secondary N) is 1. The van der Waals surface area contributed by atoms with Gasteiger partial charge in [0.05, 0.1) is 6.61 Å². The summed E-state index contributed by atoms with van der Waals surface area (Å²) in [7, 11) is 0. The van der Waals surface area contributed by atoms with Crippen LogP contribution in [0.25, 0.3) is 0 Å². The smallest absolute Gasteiger partial charge is 0.325 e. The van der Waals surface area contributed by atoms with E-state index in [9.17, 15) is 9.59 Å². The molecule has 5 nitrogen and oxygen atoms in total. The van der Waals surface area contributed by atoms with Crippen molar-refractivity contribution in [1.29, 1.82) is 0 Å². The zero-order valence-electron chi connectivity index (χ0n) is 10.8. The van der Waals surface area contributed by atoms with E-state index in [0.29, 0.717) is 18.1 Å². The lowest BCUT2D eigenvalue weighted by atomic mass is 9.96. The van der Waals surface area contributed by atoms with E-state index in [-0.39, 0.29) is 5.91 Å². The number of hydrogen-bond donors (Lipinski definition) is 2. The van der Waals surface area contributed by atoms with Crippen molar-refractivity contribution in [3.63, 3.8) is 0 Å². The molecule has 1 aliphatic rings. The first-order valence-electron chi connectivity index (χ1n) is 6.29. The fraction of sp³-hybridized carbons (Fsp3) is 0.429. The number of rotatable bonds is 4. The number of carbonyl (C=O) groups excluding carboxylic acids is 1. The third kappa shape index (κ3) is 3.32. The number of carbonyl (C=O) groups is 2. The molecule has 0 saturated carbocycles. The first-order valence-corrected chi connectivity index (χ1v) is 6.29. The van der Waals surface area contributed by atoms with Crippen molar-refractivity contribution in [3.8, 4) is 0 Å². The molecule has 19 heavy (non-hydrogen) atoms. The first kappa shape index (κ1) is 13.5. The van der Waals surface area contributed by atoms with Crippen LogP contribution in [0.5, 0.6) is 0 Å². The van der Waals surface area contributed by atoms with Crippen molar-refractivity contribution >= 4 is 11.9 Å². The van der Waals surface area contributed by atoms with Crippen LogP contribution >= 0.6 is 0 Å². The van der Waals surface area contributed by atoms with E-state index in [1.165, 1.54) is 6.92 Å². The molecule has 0 radical (unpaired) electrons. The Balaban J connectivity index is 2.09. The van der Waals surface area contributed by atoms with Crippen LogP contribution in [0.3, 0.4) is 0 Å². The summed E-state index contributed by atoms with van der Waals surface area (Å²) in [5.41, 5.74) is 1.55. The van der Waals surface area contributed by atoms with Gasteiger partial charge in [-0.25, -0.2) is 0 Å². The predicted octanol–water partition coefficient (Wildman–Crippen LogP) is 1.39. The van der Waals surface area contributed by atoms with Crippen molar-refractivity contribution < 1.29 is 19.4 Å². The van der Waals surface area contributed by atoms with Crippen molar-refractivity contribution in [1.82, 2.24) is 5.32 Å². The Morgan fingerprint density at radius 3 is 2.89 bits per heavy atom. The molecule has 1 unspecified atom stereocenters. The van der Waals surface area contributed by atoms with Crippen molar-refractivity contribution in [2.75, 3.05) is 13.2 Å². The fourth-order valence-electron chi connectivity index (χ4n) is 2.07. The Morgan fingerprint density at radius 1 is 1.47 bits per heavy atom. The van der Waals surface area contributed by atoms with Gasteiger partial charge in [0.25, 0.3) is 5.91 Å². The van der Waals surface area contributed by atoms with Gasteiger partial charge in [-0.3, -0.25) is 9.59 Å². The summed E-state index contributed by atoms with van der Waals surface area (Å²) in [4.78, 5) is 22.6. The monoisotopic (exact) mass is 263 g/mol. The highest BCUT2D eigenvalue weighted by Gasteiger charge is 2.20. The Labute approximate surface area is 111 Å². The number of ether oxygens (including phenoxy) is 1. The largest absolute Gasteiger partial charge is 0.480 e. The lowest BCUT2D eigenvalue weighted by Gasteiger charge is -2.12. The Morgan fingerprint density at radius 2 is 2.26 bits per heavy atom. The zero-order chi connectivity index (χ0) is 13.8. The van der Waals surface area contributed by atoms with Gasteiger partial charge < -0.3 is 15.2 Å². The minimum absolute atomic E-state index is 0.324. The minimum Gasteiger partial charge on any atom is -0.480 e. The molecular formula is C14H17NO4. The molecule has 1 amide bonds. The molecule has 0 aliphatic carbocycles. The Hall–Kier alpha value is -1.88. The number of benzene rings is 1. The number of carboxylic acids is 1. The van der Waals surface area contributed by atoms with E-state index in [2.05, 4.69) is 5.32 Å². The quantitative estimate of drug-likeness (QED) is 0.860. The molecule has 2 N–H and O–H groups in total. The van der Waals surface area contributed by atoms with Crippen molar-refractivity contribution in [2.24, 2.45) is 0 Å². The van der Waals surface area contributed by atoms with Crippen LogP contribution in [0.15, 0.2) is 24.3 Å². The van der Waals surface area contributed by atoms with Crippen molar-refractivity contribution in [2.45, 2.75) is 25.3 Å². The SMILES string of the molecule is C[C@@H](NC(=O)c1cccc(C2CCOC2)c1)C(=O)O. The molecular weight excluding hydrogens is 246 g/mol. The average Bonchev–Trinajstić information content (AvgIpc) is 2.92. The van der Waals surface area contributed by atoms with Crippen LogP contribution in [-0.2, 0) is 9.53 Å².